The Morgan fingerprint density at radius 1 is 1.18 bits per heavy atom. The van der Waals surface area contributed by atoms with Crippen molar-refractivity contribution in [2.75, 3.05) is 5.73 Å². The lowest BCUT2D eigenvalue weighted by molar-refractivity contribution is 0.100. The Morgan fingerprint density at radius 3 is 2.73 bits per heavy atom. The normalized spacial score (nSPS) is 10.8. The zero-order chi connectivity index (χ0) is 15.7. The number of aryl methyl sites for hydroxylation is 1. The highest BCUT2D eigenvalue weighted by molar-refractivity contribution is 6.08. The number of anilines is 1. The van der Waals surface area contributed by atoms with Gasteiger partial charge < -0.3 is 11.5 Å². The van der Waals surface area contributed by atoms with Crippen molar-refractivity contribution >= 4 is 22.6 Å². The van der Waals surface area contributed by atoms with Gasteiger partial charge in [-0.1, -0.05) is 19.1 Å². The van der Waals surface area contributed by atoms with Crippen molar-refractivity contribution in [1.29, 1.82) is 0 Å². The minimum atomic E-state index is -0.485. The van der Waals surface area contributed by atoms with E-state index < -0.39 is 5.91 Å². The number of amides is 1. The predicted molar refractivity (Wildman–Crippen MR) is 87.3 cm³/mol. The molecule has 0 bridgehead atoms. The van der Waals surface area contributed by atoms with Crippen LogP contribution in [-0.2, 0) is 6.42 Å². The van der Waals surface area contributed by atoms with E-state index >= 15 is 0 Å². The van der Waals surface area contributed by atoms with Crippen LogP contribution in [0, 0.1) is 0 Å². The smallest absolute Gasteiger partial charge is 0.249 e. The molecule has 0 saturated carbocycles. The minimum Gasteiger partial charge on any atom is -0.384 e. The molecule has 0 aliphatic carbocycles. The van der Waals surface area contributed by atoms with Crippen molar-refractivity contribution in [3.8, 4) is 11.1 Å². The summed E-state index contributed by atoms with van der Waals surface area (Å²) in [6.07, 6.45) is 2.40. The van der Waals surface area contributed by atoms with Crippen molar-refractivity contribution in [2.45, 2.75) is 13.3 Å². The molecule has 0 saturated heterocycles. The third kappa shape index (κ3) is 2.26. The molecule has 5 nitrogen and oxygen atoms in total. The average molecular weight is 292 g/mol. The first-order valence-corrected chi connectivity index (χ1v) is 7.05. The number of carbonyl (C=O) groups is 1. The maximum Gasteiger partial charge on any atom is 0.249 e. The maximum absolute atomic E-state index is 11.9. The van der Waals surface area contributed by atoms with E-state index in [1.807, 2.05) is 31.2 Å². The Bertz CT molecular complexity index is 874. The van der Waals surface area contributed by atoms with E-state index in [0.29, 0.717) is 17.8 Å². The lowest BCUT2D eigenvalue weighted by Crippen LogP contribution is -2.13. The lowest BCUT2D eigenvalue weighted by Gasteiger charge is -2.13. The number of hydrogen-bond donors (Lipinski definition) is 2. The first kappa shape index (κ1) is 14.0. The van der Waals surface area contributed by atoms with Crippen molar-refractivity contribution in [2.24, 2.45) is 5.73 Å². The summed E-state index contributed by atoms with van der Waals surface area (Å²) in [5.41, 5.74) is 14.9. The maximum atomic E-state index is 11.9. The van der Waals surface area contributed by atoms with Crippen LogP contribution in [-0.4, -0.2) is 15.9 Å². The number of aromatic nitrogens is 2. The summed E-state index contributed by atoms with van der Waals surface area (Å²) in [6, 6.07) is 11.0. The SMILES string of the molecule is CCc1nc(N)ccc1-c1c(C(N)=O)ccc2cccnc12. The van der Waals surface area contributed by atoms with Crippen LogP contribution in [0.25, 0.3) is 22.0 Å². The van der Waals surface area contributed by atoms with Gasteiger partial charge in [-0.3, -0.25) is 9.78 Å². The average Bonchev–Trinajstić information content (AvgIpc) is 2.53. The van der Waals surface area contributed by atoms with Crippen LogP contribution in [0.15, 0.2) is 42.6 Å². The first-order valence-electron chi connectivity index (χ1n) is 7.05. The zero-order valence-electron chi connectivity index (χ0n) is 12.2. The Hall–Kier alpha value is -2.95. The molecule has 0 radical (unpaired) electrons. The van der Waals surface area contributed by atoms with Gasteiger partial charge in [-0.05, 0) is 30.7 Å². The van der Waals surface area contributed by atoms with Gasteiger partial charge in [0.25, 0.3) is 0 Å². The number of nitrogens with zero attached hydrogens (tertiary/aromatic N) is 2. The van der Waals surface area contributed by atoms with Gasteiger partial charge >= 0.3 is 0 Å². The Kier molecular flexibility index (Phi) is 3.47. The molecule has 3 aromatic rings. The quantitative estimate of drug-likeness (QED) is 0.775. The van der Waals surface area contributed by atoms with Gasteiger partial charge in [0.15, 0.2) is 0 Å². The molecular weight excluding hydrogens is 276 g/mol. The number of hydrogen-bond acceptors (Lipinski definition) is 4. The molecule has 2 heterocycles. The van der Waals surface area contributed by atoms with E-state index in [2.05, 4.69) is 9.97 Å². The van der Waals surface area contributed by atoms with Crippen LogP contribution in [0.4, 0.5) is 5.82 Å². The van der Waals surface area contributed by atoms with E-state index in [-0.39, 0.29) is 0 Å². The van der Waals surface area contributed by atoms with Gasteiger partial charge in [0.2, 0.25) is 5.91 Å². The van der Waals surface area contributed by atoms with Gasteiger partial charge in [0, 0.05) is 28.3 Å². The highest BCUT2D eigenvalue weighted by Crippen LogP contribution is 2.33. The largest absolute Gasteiger partial charge is 0.384 e. The monoisotopic (exact) mass is 292 g/mol. The Balaban J connectivity index is 2.43. The first-order chi connectivity index (χ1) is 10.6. The number of fused-ring (bicyclic) bond motifs is 1. The summed E-state index contributed by atoms with van der Waals surface area (Å²) in [6.45, 7) is 1.99. The molecule has 0 unspecified atom stereocenters. The molecule has 5 heteroatoms. The molecule has 0 atom stereocenters. The molecule has 0 spiro atoms. The number of nitrogen functional groups attached to an aromatic ring is 1. The van der Waals surface area contributed by atoms with Crippen molar-refractivity contribution < 1.29 is 4.79 Å². The van der Waals surface area contributed by atoms with Crippen LogP contribution in [0.2, 0.25) is 0 Å². The lowest BCUT2D eigenvalue weighted by atomic mass is 9.94. The van der Waals surface area contributed by atoms with E-state index in [1.54, 1.807) is 18.3 Å². The highest BCUT2D eigenvalue weighted by Gasteiger charge is 2.17. The number of nitrogens with two attached hydrogens (primary N) is 2. The third-order valence-electron chi connectivity index (χ3n) is 3.64. The summed E-state index contributed by atoms with van der Waals surface area (Å²) < 4.78 is 0. The summed E-state index contributed by atoms with van der Waals surface area (Å²) in [5, 5.41) is 0.946. The van der Waals surface area contributed by atoms with Gasteiger partial charge in [-0.25, -0.2) is 4.98 Å². The second-order valence-corrected chi connectivity index (χ2v) is 5.01. The fraction of sp³-hybridized carbons (Fsp3) is 0.118. The molecule has 2 aromatic heterocycles. The van der Waals surface area contributed by atoms with Crippen LogP contribution in [0.3, 0.4) is 0 Å². The molecule has 0 aliphatic heterocycles. The molecular formula is C17H16N4O. The van der Waals surface area contributed by atoms with Crippen LogP contribution < -0.4 is 11.5 Å². The topological polar surface area (TPSA) is 94.9 Å². The van der Waals surface area contributed by atoms with Crippen molar-refractivity contribution in [3.05, 3.63) is 53.9 Å². The van der Waals surface area contributed by atoms with Crippen molar-refractivity contribution in [1.82, 2.24) is 9.97 Å². The fourth-order valence-electron chi connectivity index (χ4n) is 2.64. The van der Waals surface area contributed by atoms with E-state index in [0.717, 1.165) is 27.7 Å². The van der Waals surface area contributed by atoms with Gasteiger partial charge in [-0.15, -0.1) is 0 Å². The van der Waals surface area contributed by atoms with E-state index in [9.17, 15) is 4.79 Å². The Labute approximate surface area is 128 Å². The summed E-state index contributed by atoms with van der Waals surface area (Å²) in [7, 11) is 0. The molecule has 1 amide bonds. The standard InChI is InChI=1S/C17H16N4O/c1-2-13-11(7-8-14(18)21-13)15-12(17(19)22)6-5-10-4-3-9-20-16(10)15/h3-9H,2H2,1H3,(H2,18,21)(H2,19,22). The Morgan fingerprint density at radius 2 is 2.00 bits per heavy atom. The van der Waals surface area contributed by atoms with Gasteiger partial charge in [-0.2, -0.15) is 0 Å². The number of primary amides is 1. The third-order valence-corrected chi connectivity index (χ3v) is 3.64. The molecule has 3 rings (SSSR count). The summed E-state index contributed by atoms with van der Waals surface area (Å²) in [5.74, 6) is -0.0316. The molecule has 22 heavy (non-hydrogen) atoms. The molecule has 1 aromatic carbocycles. The summed E-state index contributed by atoms with van der Waals surface area (Å²) in [4.78, 5) is 20.7. The zero-order valence-corrected chi connectivity index (χ0v) is 12.2. The number of rotatable bonds is 3. The molecule has 110 valence electrons. The summed E-state index contributed by atoms with van der Waals surface area (Å²) >= 11 is 0. The van der Waals surface area contributed by atoms with E-state index in [1.165, 1.54) is 0 Å². The second-order valence-electron chi connectivity index (χ2n) is 5.01. The second kappa shape index (κ2) is 5.44. The number of benzene rings is 1. The number of pyridine rings is 2. The van der Waals surface area contributed by atoms with Crippen LogP contribution in [0.5, 0.6) is 0 Å². The van der Waals surface area contributed by atoms with Crippen LogP contribution in [0.1, 0.15) is 23.0 Å². The van der Waals surface area contributed by atoms with Crippen LogP contribution >= 0.6 is 0 Å². The van der Waals surface area contributed by atoms with Gasteiger partial charge in [0.05, 0.1) is 11.2 Å². The van der Waals surface area contributed by atoms with Gasteiger partial charge in [0.1, 0.15) is 5.82 Å². The molecule has 0 aliphatic rings. The molecule has 4 N–H and O–H groups in total. The number of carbonyl (C=O) groups excluding carboxylic acids is 1. The van der Waals surface area contributed by atoms with E-state index in [4.69, 9.17) is 11.5 Å². The predicted octanol–water partition coefficient (Wildman–Crippen LogP) is 2.54. The molecule has 0 fully saturated rings. The fourth-order valence-corrected chi connectivity index (χ4v) is 2.64. The highest BCUT2D eigenvalue weighted by atomic mass is 16.1. The minimum absolute atomic E-state index is 0.437. The van der Waals surface area contributed by atoms with Crippen molar-refractivity contribution in [3.63, 3.8) is 0 Å².